The van der Waals surface area contributed by atoms with Crippen molar-refractivity contribution >= 4 is 17.3 Å². The molecule has 0 fully saturated rings. The minimum Gasteiger partial charge on any atom is -0.492 e. The molecule has 148 valence electrons. The third kappa shape index (κ3) is 2.74. The zero-order valence-electron chi connectivity index (χ0n) is 16.3. The maximum atomic E-state index is 12.5. The van der Waals surface area contributed by atoms with Crippen molar-refractivity contribution in [3.8, 4) is 27.4 Å². The molecule has 5 nitrogen and oxygen atoms in total. The first-order chi connectivity index (χ1) is 14.0. The van der Waals surface area contributed by atoms with E-state index in [9.17, 15) is 14.7 Å². The minimum atomic E-state index is -1.18. The average molecular weight is 407 g/mol. The number of carboxylic acid groups (broad SMARTS) is 1. The number of ether oxygens (including phenoxy) is 1. The van der Waals surface area contributed by atoms with Crippen molar-refractivity contribution in [1.82, 2.24) is 4.57 Å². The van der Waals surface area contributed by atoms with E-state index in [1.54, 1.807) is 11.3 Å². The van der Waals surface area contributed by atoms with Crippen molar-refractivity contribution in [3.05, 3.63) is 62.8 Å². The molecule has 0 radical (unpaired) electrons. The maximum Gasteiger partial charge on any atom is 0.341 e. The molecule has 0 saturated heterocycles. The third-order valence-electron chi connectivity index (χ3n) is 6.01. The van der Waals surface area contributed by atoms with Gasteiger partial charge in [-0.05, 0) is 35.4 Å². The van der Waals surface area contributed by atoms with Crippen LogP contribution in [0.4, 0.5) is 0 Å². The molecule has 2 aliphatic heterocycles. The van der Waals surface area contributed by atoms with Gasteiger partial charge in [-0.1, -0.05) is 19.9 Å². The SMILES string of the molecule is CC(C)[C@@H]1Cc2c(cc(-c3cccs3)c3c2CCO3)-c2cc(=O)c(C(=O)O)cn21. The fraction of sp³-hybridized carbons (Fsp3) is 0.304. The van der Waals surface area contributed by atoms with Gasteiger partial charge in [-0.2, -0.15) is 0 Å². The van der Waals surface area contributed by atoms with Crippen molar-refractivity contribution in [1.29, 1.82) is 0 Å². The highest BCUT2D eigenvalue weighted by Gasteiger charge is 2.33. The van der Waals surface area contributed by atoms with Gasteiger partial charge < -0.3 is 14.4 Å². The predicted octanol–water partition coefficient (Wildman–Crippen LogP) is 4.63. The summed E-state index contributed by atoms with van der Waals surface area (Å²) in [6, 6.07) is 7.81. The third-order valence-corrected chi connectivity index (χ3v) is 6.91. The summed E-state index contributed by atoms with van der Waals surface area (Å²) in [6.45, 7) is 4.94. The number of benzene rings is 1. The highest BCUT2D eigenvalue weighted by molar-refractivity contribution is 7.13. The van der Waals surface area contributed by atoms with Gasteiger partial charge >= 0.3 is 5.97 Å². The number of pyridine rings is 1. The Hall–Kier alpha value is -2.86. The number of aromatic nitrogens is 1. The molecule has 29 heavy (non-hydrogen) atoms. The Labute approximate surface area is 172 Å². The Morgan fingerprint density at radius 1 is 1.28 bits per heavy atom. The van der Waals surface area contributed by atoms with Gasteiger partial charge in [-0.3, -0.25) is 4.79 Å². The number of fused-ring (bicyclic) bond motifs is 5. The van der Waals surface area contributed by atoms with Gasteiger partial charge in [0.15, 0.2) is 5.43 Å². The fourth-order valence-corrected chi connectivity index (χ4v) is 5.32. The van der Waals surface area contributed by atoms with E-state index >= 15 is 0 Å². The molecule has 3 aromatic rings. The molecule has 6 heteroatoms. The lowest BCUT2D eigenvalue weighted by molar-refractivity contribution is 0.0694. The topological polar surface area (TPSA) is 68.5 Å². The van der Waals surface area contributed by atoms with Crippen LogP contribution in [0.5, 0.6) is 5.75 Å². The summed E-state index contributed by atoms with van der Waals surface area (Å²) < 4.78 is 8.04. The van der Waals surface area contributed by atoms with Crippen LogP contribution in [0.1, 0.15) is 41.4 Å². The van der Waals surface area contributed by atoms with Crippen LogP contribution in [0.25, 0.3) is 21.7 Å². The van der Waals surface area contributed by atoms with Crippen LogP contribution in [0.2, 0.25) is 0 Å². The first kappa shape index (κ1) is 18.2. The second-order valence-corrected chi connectivity index (χ2v) is 8.95. The molecular formula is C23H21NO4S. The van der Waals surface area contributed by atoms with Crippen LogP contribution in [-0.4, -0.2) is 22.2 Å². The fourth-order valence-electron chi connectivity index (χ4n) is 4.59. The van der Waals surface area contributed by atoms with Crippen LogP contribution >= 0.6 is 11.3 Å². The molecule has 0 aliphatic carbocycles. The summed E-state index contributed by atoms with van der Waals surface area (Å²) in [6.07, 6.45) is 3.19. The van der Waals surface area contributed by atoms with Crippen molar-refractivity contribution in [2.45, 2.75) is 32.7 Å². The second kappa shape index (κ2) is 6.59. The molecule has 0 spiro atoms. The Kier molecular flexibility index (Phi) is 4.13. The minimum absolute atomic E-state index is 0.0912. The molecule has 0 bridgehead atoms. The van der Waals surface area contributed by atoms with Crippen molar-refractivity contribution in [2.24, 2.45) is 5.92 Å². The van der Waals surface area contributed by atoms with E-state index < -0.39 is 11.4 Å². The van der Waals surface area contributed by atoms with E-state index in [-0.39, 0.29) is 11.6 Å². The number of aromatic carboxylic acids is 1. The van der Waals surface area contributed by atoms with Crippen LogP contribution in [0.3, 0.4) is 0 Å². The van der Waals surface area contributed by atoms with Crippen LogP contribution in [0.15, 0.2) is 40.6 Å². The van der Waals surface area contributed by atoms with E-state index in [4.69, 9.17) is 4.74 Å². The lowest BCUT2D eigenvalue weighted by atomic mass is 9.83. The zero-order chi connectivity index (χ0) is 20.3. The molecule has 2 aliphatic rings. The van der Waals surface area contributed by atoms with Gasteiger partial charge in [0.1, 0.15) is 11.3 Å². The molecule has 4 heterocycles. The van der Waals surface area contributed by atoms with Gasteiger partial charge in [0.05, 0.1) is 12.3 Å². The Balaban J connectivity index is 1.83. The van der Waals surface area contributed by atoms with Gasteiger partial charge in [0.2, 0.25) is 0 Å². The molecule has 1 N–H and O–H groups in total. The lowest BCUT2D eigenvalue weighted by Crippen LogP contribution is -2.28. The number of carboxylic acids is 1. The van der Waals surface area contributed by atoms with Crippen molar-refractivity contribution in [3.63, 3.8) is 0 Å². The number of hydrogen-bond acceptors (Lipinski definition) is 4. The Bertz CT molecular complexity index is 1190. The first-order valence-corrected chi connectivity index (χ1v) is 10.7. The molecule has 0 amide bonds. The largest absolute Gasteiger partial charge is 0.492 e. The van der Waals surface area contributed by atoms with Crippen molar-refractivity contribution < 1.29 is 14.6 Å². The molecule has 0 saturated carbocycles. The lowest BCUT2D eigenvalue weighted by Gasteiger charge is -2.34. The van der Waals surface area contributed by atoms with Crippen molar-refractivity contribution in [2.75, 3.05) is 6.61 Å². The monoisotopic (exact) mass is 407 g/mol. The smallest absolute Gasteiger partial charge is 0.341 e. The second-order valence-electron chi connectivity index (χ2n) is 8.00. The quantitative estimate of drug-likeness (QED) is 0.687. The molecule has 1 atom stereocenters. The van der Waals surface area contributed by atoms with Gasteiger partial charge in [0.25, 0.3) is 0 Å². The number of carbonyl (C=O) groups is 1. The van der Waals surface area contributed by atoms with Gasteiger partial charge in [-0.15, -0.1) is 11.3 Å². The van der Waals surface area contributed by atoms with E-state index in [0.29, 0.717) is 12.5 Å². The van der Waals surface area contributed by atoms with Crippen LogP contribution in [-0.2, 0) is 12.8 Å². The average Bonchev–Trinajstić information content (AvgIpc) is 3.38. The predicted molar refractivity (Wildman–Crippen MR) is 113 cm³/mol. The molecule has 5 rings (SSSR count). The number of rotatable bonds is 3. The molecular weight excluding hydrogens is 386 g/mol. The number of hydrogen-bond donors (Lipinski definition) is 1. The Morgan fingerprint density at radius 2 is 2.10 bits per heavy atom. The van der Waals surface area contributed by atoms with Gasteiger partial charge in [0, 0.05) is 46.3 Å². The van der Waals surface area contributed by atoms with E-state index in [1.165, 1.54) is 23.4 Å². The summed E-state index contributed by atoms with van der Waals surface area (Å²) in [5.41, 5.74) is 4.71. The van der Waals surface area contributed by atoms with E-state index in [0.717, 1.165) is 40.3 Å². The summed E-state index contributed by atoms with van der Waals surface area (Å²) >= 11 is 1.66. The molecule has 0 unspecified atom stereocenters. The van der Waals surface area contributed by atoms with Gasteiger partial charge in [-0.25, -0.2) is 4.79 Å². The summed E-state index contributed by atoms with van der Waals surface area (Å²) in [7, 11) is 0. The molecule has 2 aromatic heterocycles. The maximum absolute atomic E-state index is 12.5. The first-order valence-electron chi connectivity index (χ1n) is 9.81. The summed E-state index contributed by atoms with van der Waals surface area (Å²) in [4.78, 5) is 25.2. The molecule has 1 aromatic carbocycles. The Morgan fingerprint density at radius 3 is 2.79 bits per heavy atom. The highest BCUT2D eigenvalue weighted by Crippen LogP contribution is 2.48. The van der Waals surface area contributed by atoms with E-state index in [2.05, 4.69) is 26.0 Å². The standard InChI is InChI=1S/C23H21NO4S/c1-12(2)18-9-14-13-5-6-28-22(13)16(21-4-3-7-29-21)8-15(14)19-10-20(25)17(23(26)27)11-24(18)19/h3-4,7-8,10-12,18H,5-6,9H2,1-2H3,(H,26,27)/t18-/m0/s1. The summed E-state index contributed by atoms with van der Waals surface area (Å²) in [5.74, 6) is 0.0767. The summed E-state index contributed by atoms with van der Waals surface area (Å²) in [5, 5.41) is 11.5. The normalized spacial score (nSPS) is 16.9. The zero-order valence-corrected chi connectivity index (χ0v) is 17.1. The van der Waals surface area contributed by atoms with Crippen LogP contribution in [0, 0.1) is 5.92 Å². The number of thiophene rings is 1. The van der Waals surface area contributed by atoms with E-state index in [1.807, 2.05) is 16.0 Å². The number of nitrogens with zero attached hydrogens (tertiary/aromatic N) is 1. The highest BCUT2D eigenvalue weighted by atomic mass is 32.1. The van der Waals surface area contributed by atoms with Crippen LogP contribution < -0.4 is 10.2 Å².